The molecule has 1 aromatic carbocycles. The van der Waals surface area contributed by atoms with Crippen molar-refractivity contribution in [1.29, 1.82) is 0 Å². The minimum atomic E-state index is -0.247. The van der Waals surface area contributed by atoms with Gasteiger partial charge in [-0.2, -0.15) is 0 Å². The molecule has 0 aliphatic rings. The van der Waals surface area contributed by atoms with E-state index in [-0.39, 0.29) is 5.56 Å². The SMILES string of the molecule is CCCCOn1c(=O)cc(NCc2cccc(NC)c2)c2c(C)ncnc21. The number of nitrogens with zero attached hydrogens (tertiary/aromatic N) is 3. The van der Waals surface area contributed by atoms with Gasteiger partial charge < -0.3 is 15.5 Å². The standard InChI is InChI=1S/C20H25N5O2/c1-4-5-9-27-25-18(26)11-17(19-14(2)23-13-24-20(19)25)22-12-15-7-6-8-16(10-15)21-3/h6-8,10-11,13,21-22H,4-5,9,12H2,1-3H3. The van der Waals surface area contributed by atoms with Gasteiger partial charge in [-0.15, -0.1) is 4.73 Å². The van der Waals surface area contributed by atoms with E-state index in [1.165, 1.54) is 11.1 Å². The van der Waals surface area contributed by atoms with E-state index in [9.17, 15) is 4.79 Å². The maximum Gasteiger partial charge on any atom is 0.287 e. The second kappa shape index (κ2) is 8.53. The maximum absolute atomic E-state index is 12.6. The van der Waals surface area contributed by atoms with Crippen LogP contribution < -0.4 is 21.0 Å². The summed E-state index contributed by atoms with van der Waals surface area (Å²) in [6.07, 6.45) is 3.32. The molecule has 0 aliphatic carbocycles. The molecule has 0 unspecified atom stereocenters. The second-order valence-corrected chi connectivity index (χ2v) is 6.34. The van der Waals surface area contributed by atoms with E-state index in [0.717, 1.165) is 35.2 Å². The number of pyridine rings is 1. The number of hydrogen-bond acceptors (Lipinski definition) is 6. The highest BCUT2D eigenvalue weighted by molar-refractivity contribution is 5.90. The molecule has 142 valence electrons. The fraction of sp³-hybridized carbons (Fsp3) is 0.350. The highest BCUT2D eigenvalue weighted by atomic mass is 16.7. The molecule has 0 spiro atoms. The zero-order chi connectivity index (χ0) is 19.2. The van der Waals surface area contributed by atoms with Crippen molar-refractivity contribution < 1.29 is 4.84 Å². The Balaban J connectivity index is 1.95. The van der Waals surface area contributed by atoms with Gasteiger partial charge in [0, 0.05) is 25.3 Å². The van der Waals surface area contributed by atoms with Crippen LogP contribution in [0.15, 0.2) is 41.5 Å². The van der Waals surface area contributed by atoms with E-state index < -0.39 is 0 Å². The van der Waals surface area contributed by atoms with E-state index in [1.807, 2.05) is 32.2 Å². The van der Waals surface area contributed by atoms with E-state index >= 15 is 0 Å². The Morgan fingerprint density at radius 2 is 2.07 bits per heavy atom. The first-order valence-corrected chi connectivity index (χ1v) is 9.15. The lowest BCUT2D eigenvalue weighted by molar-refractivity contribution is 0.108. The molecule has 0 saturated heterocycles. The first kappa shape index (κ1) is 18.7. The topological polar surface area (TPSA) is 81.1 Å². The largest absolute Gasteiger partial charge is 0.409 e. The predicted octanol–water partition coefficient (Wildman–Crippen LogP) is 2.98. The number of aromatic nitrogens is 3. The van der Waals surface area contributed by atoms with E-state index in [0.29, 0.717) is 24.5 Å². The van der Waals surface area contributed by atoms with Crippen molar-refractivity contribution >= 4 is 22.4 Å². The molecule has 2 heterocycles. The summed E-state index contributed by atoms with van der Waals surface area (Å²) in [4.78, 5) is 26.9. The average Bonchev–Trinajstić information content (AvgIpc) is 2.68. The number of nitrogens with one attached hydrogen (secondary N) is 2. The van der Waals surface area contributed by atoms with Gasteiger partial charge in [-0.25, -0.2) is 9.97 Å². The number of anilines is 2. The molecular formula is C20H25N5O2. The molecular weight excluding hydrogens is 342 g/mol. The molecule has 2 aromatic heterocycles. The molecule has 0 bridgehead atoms. The Morgan fingerprint density at radius 3 is 2.85 bits per heavy atom. The molecule has 0 fully saturated rings. The molecule has 7 nitrogen and oxygen atoms in total. The molecule has 0 aliphatic heterocycles. The van der Waals surface area contributed by atoms with Gasteiger partial charge in [0.2, 0.25) is 0 Å². The van der Waals surface area contributed by atoms with Gasteiger partial charge in [0.1, 0.15) is 12.9 Å². The lowest BCUT2D eigenvalue weighted by Gasteiger charge is -2.15. The van der Waals surface area contributed by atoms with Crippen molar-refractivity contribution in [2.75, 3.05) is 24.3 Å². The number of benzene rings is 1. The first-order valence-electron chi connectivity index (χ1n) is 9.15. The summed E-state index contributed by atoms with van der Waals surface area (Å²) in [5, 5.41) is 7.27. The van der Waals surface area contributed by atoms with Crippen molar-refractivity contribution in [3.8, 4) is 0 Å². The van der Waals surface area contributed by atoms with E-state index in [1.54, 1.807) is 6.07 Å². The summed E-state index contributed by atoms with van der Waals surface area (Å²) >= 11 is 0. The van der Waals surface area contributed by atoms with Crippen LogP contribution in [0.1, 0.15) is 31.0 Å². The fourth-order valence-electron chi connectivity index (χ4n) is 2.89. The Hall–Kier alpha value is -3.09. The summed E-state index contributed by atoms with van der Waals surface area (Å²) in [7, 11) is 1.89. The van der Waals surface area contributed by atoms with Crippen LogP contribution in [0.25, 0.3) is 11.0 Å². The summed E-state index contributed by atoms with van der Waals surface area (Å²) in [5.74, 6) is 0. The Kier molecular flexibility index (Phi) is 5.90. The van der Waals surface area contributed by atoms with Gasteiger partial charge in [0.25, 0.3) is 5.56 Å². The third kappa shape index (κ3) is 4.19. The Bertz CT molecular complexity index is 984. The van der Waals surface area contributed by atoms with Gasteiger partial charge in [-0.3, -0.25) is 4.79 Å². The average molecular weight is 367 g/mol. The molecule has 0 saturated carbocycles. The van der Waals surface area contributed by atoms with Crippen molar-refractivity contribution in [3.63, 3.8) is 0 Å². The number of hydrogen-bond donors (Lipinski definition) is 2. The Labute approximate surface area is 158 Å². The minimum Gasteiger partial charge on any atom is -0.409 e. The number of rotatable bonds is 8. The van der Waals surface area contributed by atoms with Gasteiger partial charge in [0.15, 0.2) is 5.65 Å². The first-order chi connectivity index (χ1) is 13.1. The third-order valence-corrected chi connectivity index (χ3v) is 4.36. The lowest BCUT2D eigenvalue weighted by atomic mass is 10.1. The van der Waals surface area contributed by atoms with Crippen LogP contribution in [-0.4, -0.2) is 28.4 Å². The normalized spacial score (nSPS) is 10.8. The number of unbranched alkanes of at least 4 members (excludes halogenated alkanes) is 1. The molecule has 3 aromatic rings. The van der Waals surface area contributed by atoms with Gasteiger partial charge in [0.05, 0.1) is 16.8 Å². The molecule has 0 atom stereocenters. The molecule has 3 rings (SSSR count). The van der Waals surface area contributed by atoms with Crippen molar-refractivity contribution in [2.45, 2.75) is 33.2 Å². The molecule has 27 heavy (non-hydrogen) atoms. The van der Waals surface area contributed by atoms with Crippen LogP contribution in [0.4, 0.5) is 11.4 Å². The molecule has 7 heteroatoms. The van der Waals surface area contributed by atoms with Gasteiger partial charge in [-0.1, -0.05) is 25.5 Å². The summed E-state index contributed by atoms with van der Waals surface area (Å²) < 4.78 is 1.27. The van der Waals surface area contributed by atoms with Crippen LogP contribution in [0.3, 0.4) is 0 Å². The lowest BCUT2D eigenvalue weighted by Crippen LogP contribution is -2.29. The summed E-state index contributed by atoms with van der Waals surface area (Å²) in [6.45, 7) is 5.03. The maximum atomic E-state index is 12.6. The van der Waals surface area contributed by atoms with E-state index in [4.69, 9.17) is 4.84 Å². The highest BCUT2D eigenvalue weighted by Gasteiger charge is 2.14. The fourth-order valence-corrected chi connectivity index (χ4v) is 2.89. The summed E-state index contributed by atoms with van der Waals surface area (Å²) in [5.41, 5.74) is 3.88. The highest BCUT2D eigenvalue weighted by Crippen LogP contribution is 2.23. The van der Waals surface area contributed by atoms with Gasteiger partial charge in [-0.05, 0) is 31.0 Å². The quantitative estimate of drug-likeness (QED) is 0.596. The zero-order valence-electron chi connectivity index (χ0n) is 16.0. The predicted molar refractivity (Wildman–Crippen MR) is 108 cm³/mol. The van der Waals surface area contributed by atoms with Crippen LogP contribution >= 0.6 is 0 Å². The summed E-state index contributed by atoms with van der Waals surface area (Å²) in [6, 6.07) is 9.65. The third-order valence-electron chi connectivity index (χ3n) is 4.36. The molecule has 0 radical (unpaired) electrons. The van der Waals surface area contributed by atoms with Crippen LogP contribution in [0.2, 0.25) is 0 Å². The smallest absolute Gasteiger partial charge is 0.287 e. The van der Waals surface area contributed by atoms with Gasteiger partial charge >= 0.3 is 0 Å². The van der Waals surface area contributed by atoms with Crippen LogP contribution in [0, 0.1) is 6.92 Å². The Morgan fingerprint density at radius 1 is 1.22 bits per heavy atom. The van der Waals surface area contributed by atoms with Crippen molar-refractivity contribution in [2.24, 2.45) is 0 Å². The van der Waals surface area contributed by atoms with E-state index in [2.05, 4.69) is 33.6 Å². The number of fused-ring (bicyclic) bond motifs is 1. The zero-order valence-corrected chi connectivity index (χ0v) is 16.0. The monoisotopic (exact) mass is 367 g/mol. The van der Waals surface area contributed by atoms with Crippen molar-refractivity contribution in [1.82, 2.24) is 14.7 Å². The van der Waals surface area contributed by atoms with Crippen LogP contribution in [-0.2, 0) is 6.54 Å². The molecule has 2 N–H and O–H groups in total. The van der Waals surface area contributed by atoms with Crippen LogP contribution in [0.5, 0.6) is 0 Å². The van der Waals surface area contributed by atoms with Crippen molar-refractivity contribution in [3.05, 3.63) is 58.3 Å². The molecule has 0 amide bonds. The number of aryl methyl sites for hydroxylation is 1. The minimum absolute atomic E-state index is 0.247. The second-order valence-electron chi connectivity index (χ2n) is 6.34.